The van der Waals surface area contributed by atoms with Crippen LogP contribution in [0.4, 0.5) is 17.1 Å². The summed E-state index contributed by atoms with van der Waals surface area (Å²) in [6.45, 7) is 4.71. The molecule has 3 heteroatoms. The number of aromatic nitrogens is 1. The minimum absolute atomic E-state index is 0.106. The summed E-state index contributed by atoms with van der Waals surface area (Å²) in [5.41, 5.74) is 20.3. The van der Waals surface area contributed by atoms with Crippen molar-refractivity contribution in [2.75, 3.05) is 4.90 Å². The van der Waals surface area contributed by atoms with Gasteiger partial charge in [0.15, 0.2) is 0 Å². The maximum Gasteiger partial charge on any atom is 0.145 e. The van der Waals surface area contributed by atoms with Gasteiger partial charge in [-0.1, -0.05) is 178 Å². The fourth-order valence-electron chi connectivity index (χ4n) is 10.9. The zero-order valence-corrected chi connectivity index (χ0v) is 36.7. The van der Waals surface area contributed by atoms with Crippen molar-refractivity contribution < 1.29 is 4.42 Å². The van der Waals surface area contributed by atoms with Gasteiger partial charge in [-0.3, -0.25) is 0 Å². The van der Waals surface area contributed by atoms with Crippen LogP contribution in [0.5, 0.6) is 0 Å². The predicted octanol–water partition coefficient (Wildman–Crippen LogP) is 17.5. The highest BCUT2D eigenvalue weighted by Gasteiger charge is 2.35. The van der Waals surface area contributed by atoms with E-state index in [2.05, 4.69) is 254 Å². The molecule has 0 saturated carbocycles. The second kappa shape index (κ2) is 14.8. The lowest BCUT2D eigenvalue weighted by Crippen LogP contribution is -2.15. The molecule has 0 amide bonds. The summed E-state index contributed by atoms with van der Waals surface area (Å²) in [7, 11) is 0. The van der Waals surface area contributed by atoms with Gasteiger partial charge in [-0.2, -0.15) is 0 Å². The van der Waals surface area contributed by atoms with Crippen molar-refractivity contribution in [3.05, 3.63) is 242 Å². The van der Waals surface area contributed by atoms with E-state index >= 15 is 0 Å². The van der Waals surface area contributed by atoms with Gasteiger partial charge in [0.05, 0.1) is 22.4 Å². The Hall–Kier alpha value is -8.40. The highest BCUT2D eigenvalue weighted by molar-refractivity contribution is 6.14. The zero-order chi connectivity index (χ0) is 43.9. The molecule has 0 fully saturated rings. The minimum atomic E-state index is -0.106. The van der Waals surface area contributed by atoms with E-state index in [0.29, 0.717) is 0 Å². The van der Waals surface area contributed by atoms with Gasteiger partial charge in [-0.25, -0.2) is 0 Å². The summed E-state index contributed by atoms with van der Waals surface area (Å²) in [6.07, 6.45) is 0. The molecule has 0 spiro atoms. The van der Waals surface area contributed by atoms with Gasteiger partial charge in [0.2, 0.25) is 0 Å². The summed E-state index contributed by atoms with van der Waals surface area (Å²) in [5, 5.41) is 4.65. The SMILES string of the molecule is CC1(C)c2ccccc2-c2ccc(-c3cccc(N(c4ccccc4-c4ccccc4)c4ccc5c(oc6ccccc65)c4-c4cccc(-n5c6ccccc6c6ccccc65)c4)c3)cc21. The van der Waals surface area contributed by atoms with Crippen molar-refractivity contribution in [3.8, 4) is 50.2 Å². The first-order valence-corrected chi connectivity index (χ1v) is 22.8. The van der Waals surface area contributed by atoms with Crippen LogP contribution in [0.1, 0.15) is 25.0 Å². The molecule has 66 heavy (non-hydrogen) atoms. The lowest BCUT2D eigenvalue weighted by molar-refractivity contribution is 0.660. The highest BCUT2D eigenvalue weighted by Crippen LogP contribution is 2.52. The topological polar surface area (TPSA) is 21.3 Å². The van der Waals surface area contributed by atoms with E-state index in [1.54, 1.807) is 0 Å². The van der Waals surface area contributed by atoms with Crippen LogP contribution in [0, 0.1) is 0 Å². The van der Waals surface area contributed by atoms with Gasteiger partial charge in [-0.15, -0.1) is 0 Å². The third-order valence-electron chi connectivity index (χ3n) is 14.0. The Bertz CT molecular complexity index is 3820. The summed E-state index contributed by atoms with van der Waals surface area (Å²) in [5.74, 6) is 0. The van der Waals surface area contributed by atoms with Gasteiger partial charge in [0.25, 0.3) is 0 Å². The number of nitrogens with zero attached hydrogens (tertiary/aromatic N) is 2. The van der Waals surface area contributed by atoms with E-state index in [0.717, 1.165) is 72.5 Å². The number of hydrogen-bond acceptors (Lipinski definition) is 2. The number of benzene rings is 10. The van der Waals surface area contributed by atoms with Gasteiger partial charge in [-0.05, 0) is 111 Å². The summed E-state index contributed by atoms with van der Waals surface area (Å²) in [6, 6.07) is 83.9. The first-order valence-electron chi connectivity index (χ1n) is 22.8. The number of hydrogen-bond donors (Lipinski definition) is 0. The van der Waals surface area contributed by atoms with Crippen molar-refractivity contribution in [3.63, 3.8) is 0 Å². The fourth-order valence-corrected chi connectivity index (χ4v) is 10.9. The summed E-state index contributed by atoms with van der Waals surface area (Å²) < 4.78 is 9.43. The van der Waals surface area contributed by atoms with Gasteiger partial charge >= 0.3 is 0 Å². The minimum Gasteiger partial charge on any atom is -0.455 e. The van der Waals surface area contributed by atoms with E-state index in [-0.39, 0.29) is 5.41 Å². The van der Waals surface area contributed by atoms with Crippen LogP contribution in [-0.4, -0.2) is 4.57 Å². The first kappa shape index (κ1) is 38.1. The van der Waals surface area contributed by atoms with E-state index in [4.69, 9.17) is 4.42 Å². The van der Waals surface area contributed by atoms with Crippen molar-refractivity contribution >= 4 is 60.8 Å². The number of para-hydroxylation sites is 4. The molecule has 12 aromatic rings. The van der Waals surface area contributed by atoms with Crippen LogP contribution in [0.2, 0.25) is 0 Å². The Morgan fingerprint density at radius 3 is 1.83 bits per heavy atom. The zero-order valence-electron chi connectivity index (χ0n) is 36.7. The van der Waals surface area contributed by atoms with E-state index in [9.17, 15) is 0 Å². The average Bonchev–Trinajstić information content (AvgIpc) is 4.00. The second-order valence-corrected chi connectivity index (χ2v) is 18.1. The Balaban J connectivity index is 1.07. The predicted molar refractivity (Wildman–Crippen MR) is 277 cm³/mol. The fraction of sp³-hybridized carbons (Fsp3) is 0.0476. The summed E-state index contributed by atoms with van der Waals surface area (Å²) in [4.78, 5) is 2.45. The molecule has 0 saturated heterocycles. The lowest BCUT2D eigenvalue weighted by Gasteiger charge is -2.30. The van der Waals surface area contributed by atoms with Gasteiger partial charge in [0, 0.05) is 49.5 Å². The third-order valence-corrected chi connectivity index (χ3v) is 14.0. The Morgan fingerprint density at radius 1 is 0.394 bits per heavy atom. The van der Waals surface area contributed by atoms with Crippen LogP contribution >= 0.6 is 0 Å². The Morgan fingerprint density at radius 2 is 1.02 bits per heavy atom. The van der Waals surface area contributed by atoms with Crippen LogP contribution in [0.15, 0.2) is 235 Å². The van der Waals surface area contributed by atoms with E-state index < -0.39 is 0 Å². The standard InChI is InChI=1S/C63H44N2O/c1-63(2)54-29-11-6-25-48(54)49-35-34-43(40-55(49)63)42-20-16-22-45(38-42)65(56-30-12-7-24-47(56)41-18-4-3-5-19-41)59-37-36-53-52-28-10-15-33-60(52)66-62(53)61(59)44-21-17-23-46(39-44)64-57-31-13-8-26-50(57)51-27-9-14-32-58(51)64/h3-40H,1-2H3. The normalized spacial score (nSPS) is 12.8. The molecule has 0 N–H and O–H groups in total. The van der Waals surface area contributed by atoms with Crippen molar-refractivity contribution in [1.29, 1.82) is 0 Å². The van der Waals surface area contributed by atoms with Crippen molar-refractivity contribution in [2.24, 2.45) is 0 Å². The van der Waals surface area contributed by atoms with Gasteiger partial charge < -0.3 is 13.9 Å². The molecule has 1 aliphatic rings. The molecule has 2 aromatic heterocycles. The van der Waals surface area contributed by atoms with Crippen LogP contribution in [0.3, 0.4) is 0 Å². The van der Waals surface area contributed by atoms with Gasteiger partial charge in [0.1, 0.15) is 11.2 Å². The average molecular weight is 845 g/mol. The Labute approximate surface area is 384 Å². The first-order chi connectivity index (χ1) is 32.5. The number of furan rings is 1. The molecule has 13 rings (SSSR count). The highest BCUT2D eigenvalue weighted by atomic mass is 16.3. The maximum atomic E-state index is 7.03. The second-order valence-electron chi connectivity index (χ2n) is 18.1. The van der Waals surface area contributed by atoms with E-state index in [1.807, 2.05) is 0 Å². The van der Waals surface area contributed by atoms with Crippen LogP contribution in [-0.2, 0) is 5.41 Å². The maximum absolute atomic E-state index is 7.03. The van der Waals surface area contributed by atoms with Crippen LogP contribution < -0.4 is 4.90 Å². The molecule has 0 radical (unpaired) electrons. The molecule has 312 valence electrons. The molecule has 0 atom stereocenters. The largest absolute Gasteiger partial charge is 0.455 e. The quantitative estimate of drug-likeness (QED) is 0.159. The van der Waals surface area contributed by atoms with Crippen molar-refractivity contribution in [2.45, 2.75) is 19.3 Å². The van der Waals surface area contributed by atoms with Crippen LogP contribution in [0.25, 0.3) is 93.9 Å². The smallest absolute Gasteiger partial charge is 0.145 e. The molecule has 2 heterocycles. The molecule has 3 nitrogen and oxygen atoms in total. The molecule has 0 bridgehead atoms. The number of rotatable bonds is 7. The molecule has 0 aliphatic heterocycles. The number of anilines is 3. The number of fused-ring (bicyclic) bond motifs is 9. The van der Waals surface area contributed by atoms with Crippen molar-refractivity contribution in [1.82, 2.24) is 4.57 Å². The molecular formula is C63H44N2O. The molecule has 1 aliphatic carbocycles. The third kappa shape index (κ3) is 5.83. The summed E-state index contributed by atoms with van der Waals surface area (Å²) >= 11 is 0. The molecule has 0 unspecified atom stereocenters. The lowest BCUT2D eigenvalue weighted by atomic mass is 9.81. The monoisotopic (exact) mass is 844 g/mol. The molecule has 10 aromatic carbocycles. The van der Waals surface area contributed by atoms with E-state index in [1.165, 1.54) is 49.6 Å². The Kier molecular flexibility index (Phi) is 8.56. The molecular weight excluding hydrogens is 801 g/mol.